The van der Waals surface area contributed by atoms with Gasteiger partial charge in [-0.2, -0.15) is 0 Å². The molecular formula is C14H20ClN3O2. The van der Waals surface area contributed by atoms with Gasteiger partial charge in [0.05, 0.1) is 28.6 Å². The van der Waals surface area contributed by atoms with E-state index in [1.807, 2.05) is 0 Å². The molecule has 1 saturated heterocycles. The van der Waals surface area contributed by atoms with Crippen molar-refractivity contribution in [3.05, 3.63) is 22.7 Å². The molecule has 1 aromatic rings. The Bertz CT molecular complexity index is 476. The number of ether oxygens (including phenoxy) is 1. The molecule has 0 amide bonds. The molecule has 1 aliphatic rings. The fraction of sp³-hybridized carbons (Fsp3) is 0.500. The third-order valence-electron chi connectivity index (χ3n) is 3.42. The number of nitrogens with zero attached hydrogens (tertiary/aromatic N) is 2. The lowest BCUT2D eigenvalue weighted by molar-refractivity contribution is 0.0526. The maximum Gasteiger partial charge on any atom is 0.338 e. The van der Waals surface area contributed by atoms with Crippen molar-refractivity contribution in [1.29, 1.82) is 0 Å². The van der Waals surface area contributed by atoms with Gasteiger partial charge in [0.25, 0.3) is 0 Å². The van der Waals surface area contributed by atoms with Crippen LogP contribution in [0.15, 0.2) is 12.1 Å². The van der Waals surface area contributed by atoms with Crippen molar-refractivity contribution in [2.75, 3.05) is 50.5 Å². The number of carbonyl (C=O) groups excluding carboxylic acids is 1. The van der Waals surface area contributed by atoms with E-state index in [1.165, 1.54) is 0 Å². The number of benzene rings is 1. The van der Waals surface area contributed by atoms with Crippen LogP contribution in [-0.2, 0) is 4.74 Å². The van der Waals surface area contributed by atoms with Crippen LogP contribution >= 0.6 is 11.6 Å². The number of hydrogen-bond acceptors (Lipinski definition) is 5. The predicted octanol–water partition coefficient (Wildman–Crippen LogP) is 1.85. The van der Waals surface area contributed by atoms with Crippen LogP contribution in [0, 0.1) is 0 Å². The number of esters is 1. The molecule has 1 aromatic carbocycles. The van der Waals surface area contributed by atoms with E-state index < -0.39 is 5.97 Å². The van der Waals surface area contributed by atoms with E-state index in [0.29, 0.717) is 22.9 Å². The highest BCUT2D eigenvalue weighted by Crippen LogP contribution is 2.34. The van der Waals surface area contributed by atoms with Crippen LogP contribution in [0.5, 0.6) is 0 Å². The first-order valence-electron chi connectivity index (χ1n) is 6.72. The maximum atomic E-state index is 11.7. The Balaban J connectivity index is 2.25. The standard InChI is InChI=1S/C14H20ClN3O2/c1-3-20-14(19)10-8-11(15)13(12(16)9-10)18-6-4-17(2)5-7-18/h8-9H,3-7,16H2,1-2H3. The Morgan fingerprint density at radius 3 is 2.55 bits per heavy atom. The number of rotatable bonds is 3. The molecule has 1 heterocycles. The largest absolute Gasteiger partial charge is 0.462 e. The lowest BCUT2D eigenvalue weighted by Gasteiger charge is -2.35. The predicted molar refractivity (Wildman–Crippen MR) is 81.5 cm³/mol. The lowest BCUT2D eigenvalue weighted by Crippen LogP contribution is -2.44. The fourth-order valence-electron chi connectivity index (χ4n) is 2.32. The molecule has 0 unspecified atom stereocenters. The number of piperazine rings is 1. The highest BCUT2D eigenvalue weighted by atomic mass is 35.5. The van der Waals surface area contributed by atoms with Crippen molar-refractivity contribution in [3.63, 3.8) is 0 Å². The molecule has 0 atom stereocenters. The van der Waals surface area contributed by atoms with Gasteiger partial charge in [-0.15, -0.1) is 0 Å². The second kappa shape index (κ2) is 6.33. The molecule has 2 N–H and O–H groups in total. The maximum absolute atomic E-state index is 11.7. The average molecular weight is 298 g/mol. The second-order valence-corrected chi connectivity index (χ2v) is 5.31. The Hall–Kier alpha value is -1.46. The molecule has 6 heteroatoms. The number of carbonyl (C=O) groups is 1. The molecule has 0 radical (unpaired) electrons. The summed E-state index contributed by atoms with van der Waals surface area (Å²) < 4.78 is 4.96. The fourth-order valence-corrected chi connectivity index (χ4v) is 2.66. The Kier molecular flexibility index (Phi) is 4.73. The summed E-state index contributed by atoms with van der Waals surface area (Å²) in [5.74, 6) is -0.397. The molecule has 0 aromatic heterocycles. The van der Waals surface area contributed by atoms with Gasteiger partial charge in [0.2, 0.25) is 0 Å². The van der Waals surface area contributed by atoms with Crippen LogP contribution < -0.4 is 10.6 Å². The molecule has 0 spiro atoms. The van der Waals surface area contributed by atoms with Crippen LogP contribution in [0.3, 0.4) is 0 Å². The van der Waals surface area contributed by atoms with Crippen molar-refractivity contribution in [2.24, 2.45) is 0 Å². The average Bonchev–Trinajstić information content (AvgIpc) is 2.40. The number of hydrogen-bond donors (Lipinski definition) is 1. The van der Waals surface area contributed by atoms with Crippen LogP contribution in [-0.4, -0.2) is 50.7 Å². The van der Waals surface area contributed by atoms with Crippen molar-refractivity contribution in [1.82, 2.24) is 4.90 Å². The highest BCUT2D eigenvalue weighted by Gasteiger charge is 2.21. The Morgan fingerprint density at radius 1 is 1.35 bits per heavy atom. The van der Waals surface area contributed by atoms with Crippen molar-refractivity contribution in [3.8, 4) is 0 Å². The minimum atomic E-state index is -0.397. The van der Waals surface area contributed by atoms with Crippen molar-refractivity contribution < 1.29 is 9.53 Å². The zero-order chi connectivity index (χ0) is 14.7. The summed E-state index contributed by atoms with van der Waals surface area (Å²) in [7, 11) is 2.09. The normalized spacial score (nSPS) is 16.2. The molecule has 110 valence electrons. The van der Waals surface area contributed by atoms with Gasteiger partial charge in [-0.1, -0.05) is 11.6 Å². The van der Waals surface area contributed by atoms with Gasteiger partial charge in [0, 0.05) is 26.2 Å². The zero-order valence-corrected chi connectivity index (χ0v) is 12.6. The third-order valence-corrected chi connectivity index (χ3v) is 3.71. The van der Waals surface area contributed by atoms with E-state index in [2.05, 4.69) is 16.8 Å². The van der Waals surface area contributed by atoms with E-state index in [0.717, 1.165) is 31.9 Å². The highest BCUT2D eigenvalue weighted by molar-refractivity contribution is 6.34. The monoisotopic (exact) mass is 297 g/mol. The summed E-state index contributed by atoms with van der Waals surface area (Å²) in [5.41, 5.74) is 7.80. The topological polar surface area (TPSA) is 58.8 Å². The SMILES string of the molecule is CCOC(=O)c1cc(N)c(N2CCN(C)CC2)c(Cl)c1. The number of halogens is 1. The molecule has 2 rings (SSSR count). The van der Waals surface area contributed by atoms with Gasteiger partial charge in [-0.3, -0.25) is 0 Å². The Labute approximate surface area is 124 Å². The Morgan fingerprint density at radius 2 is 2.00 bits per heavy atom. The number of anilines is 2. The van der Waals surface area contributed by atoms with Gasteiger partial charge in [0.1, 0.15) is 0 Å². The summed E-state index contributed by atoms with van der Waals surface area (Å²) in [4.78, 5) is 16.1. The third kappa shape index (κ3) is 3.16. The summed E-state index contributed by atoms with van der Waals surface area (Å²) in [5, 5.41) is 0.498. The second-order valence-electron chi connectivity index (χ2n) is 4.91. The van der Waals surface area contributed by atoms with Gasteiger partial charge in [0.15, 0.2) is 0 Å². The molecule has 0 aliphatic carbocycles. The quantitative estimate of drug-likeness (QED) is 0.681. The van der Waals surface area contributed by atoms with E-state index in [9.17, 15) is 4.79 Å². The summed E-state index contributed by atoms with van der Waals surface area (Å²) in [6.07, 6.45) is 0. The number of nitrogen functional groups attached to an aromatic ring is 1. The summed E-state index contributed by atoms with van der Waals surface area (Å²) in [6, 6.07) is 3.26. The number of likely N-dealkylation sites (N-methyl/N-ethyl adjacent to an activating group) is 1. The van der Waals surface area contributed by atoms with E-state index >= 15 is 0 Å². The van der Waals surface area contributed by atoms with E-state index in [4.69, 9.17) is 22.1 Å². The van der Waals surface area contributed by atoms with Gasteiger partial charge in [-0.25, -0.2) is 4.79 Å². The van der Waals surface area contributed by atoms with Crippen LogP contribution in [0.4, 0.5) is 11.4 Å². The smallest absolute Gasteiger partial charge is 0.338 e. The lowest BCUT2D eigenvalue weighted by atomic mass is 10.1. The number of nitrogens with two attached hydrogens (primary N) is 1. The summed E-state index contributed by atoms with van der Waals surface area (Å²) in [6.45, 7) is 5.78. The van der Waals surface area contributed by atoms with Gasteiger partial charge in [-0.05, 0) is 26.1 Å². The van der Waals surface area contributed by atoms with E-state index in [-0.39, 0.29) is 0 Å². The van der Waals surface area contributed by atoms with Crippen molar-refractivity contribution >= 4 is 28.9 Å². The van der Waals surface area contributed by atoms with Crippen molar-refractivity contribution in [2.45, 2.75) is 6.92 Å². The van der Waals surface area contributed by atoms with Gasteiger partial charge < -0.3 is 20.3 Å². The first kappa shape index (κ1) is 14.9. The molecule has 1 fully saturated rings. The minimum Gasteiger partial charge on any atom is -0.462 e. The molecule has 5 nitrogen and oxygen atoms in total. The van der Waals surface area contributed by atoms with Gasteiger partial charge >= 0.3 is 5.97 Å². The first-order valence-corrected chi connectivity index (χ1v) is 7.10. The van der Waals surface area contributed by atoms with Crippen LogP contribution in [0.25, 0.3) is 0 Å². The zero-order valence-electron chi connectivity index (χ0n) is 11.9. The first-order chi connectivity index (χ1) is 9.52. The van der Waals surface area contributed by atoms with Crippen LogP contribution in [0.2, 0.25) is 5.02 Å². The molecule has 0 saturated carbocycles. The molecule has 1 aliphatic heterocycles. The molecule has 20 heavy (non-hydrogen) atoms. The van der Waals surface area contributed by atoms with E-state index in [1.54, 1.807) is 19.1 Å². The molecular weight excluding hydrogens is 278 g/mol. The van der Waals surface area contributed by atoms with Crippen LogP contribution in [0.1, 0.15) is 17.3 Å². The molecule has 0 bridgehead atoms. The minimum absolute atomic E-state index is 0.330. The summed E-state index contributed by atoms with van der Waals surface area (Å²) >= 11 is 6.31.